The third-order valence-electron chi connectivity index (χ3n) is 5.25. The number of fused-ring (bicyclic) bond motifs is 1. The van der Waals surface area contributed by atoms with E-state index in [9.17, 15) is 9.59 Å². The van der Waals surface area contributed by atoms with Gasteiger partial charge in [-0.3, -0.25) is 14.4 Å². The lowest BCUT2D eigenvalue weighted by molar-refractivity contribution is -0.126. The quantitative estimate of drug-likeness (QED) is 0.776. The second kappa shape index (κ2) is 6.82. The predicted octanol–water partition coefficient (Wildman–Crippen LogP) is 3.72. The Balaban J connectivity index is 1.69. The summed E-state index contributed by atoms with van der Waals surface area (Å²) in [4.78, 5) is 33.7. The molecule has 0 bridgehead atoms. The maximum absolute atomic E-state index is 13.2. The summed E-state index contributed by atoms with van der Waals surface area (Å²) in [6.07, 6.45) is 0.0133. The molecule has 27 heavy (non-hydrogen) atoms. The second-order valence-electron chi connectivity index (χ2n) is 7.76. The van der Waals surface area contributed by atoms with Gasteiger partial charge >= 0.3 is 0 Å². The van der Waals surface area contributed by atoms with Crippen molar-refractivity contribution in [1.82, 2.24) is 0 Å². The smallest absolute Gasteiger partial charge is 0.266 e. The van der Waals surface area contributed by atoms with Crippen molar-refractivity contribution < 1.29 is 14.4 Å². The van der Waals surface area contributed by atoms with Gasteiger partial charge in [0.05, 0.1) is 23.3 Å². The molecule has 2 saturated heterocycles. The summed E-state index contributed by atoms with van der Waals surface area (Å²) in [6, 6.07) is 17.0. The lowest BCUT2D eigenvalue weighted by atomic mass is 9.90. The van der Waals surface area contributed by atoms with Crippen LogP contribution in [-0.4, -0.2) is 24.0 Å². The average molecular weight is 364 g/mol. The van der Waals surface area contributed by atoms with E-state index in [1.165, 1.54) is 4.90 Å². The van der Waals surface area contributed by atoms with Crippen molar-refractivity contribution in [3.63, 3.8) is 0 Å². The molecule has 2 amide bonds. The van der Waals surface area contributed by atoms with Crippen molar-refractivity contribution in [3.05, 3.63) is 60.2 Å². The number of anilines is 2. The zero-order valence-corrected chi connectivity index (χ0v) is 15.8. The second-order valence-corrected chi connectivity index (χ2v) is 7.76. The molecular weight excluding hydrogens is 340 g/mol. The number of hydrogen-bond acceptors (Lipinski definition) is 4. The van der Waals surface area contributed by atoms with Crippen LogP contribution in [0.15, 0.2) is 54.6 Å². The monoisotopic (exact) mass is 364 g/mol. The number of aryl methyl sites for hydroxylation is 1. The normalized spacial score (nSPS) is 24.8. The van der Waals surface area contributed by atoms with E-state index in [4.69, 9.17) is 4.84 Å². The van der Waals surface area contributed by atoms with Crippen LogP contribution in [0.25, 0.3) is 0 Å². The van der Waals surface area contributed by atoms with Gasteiger partial charge in [-0.15, -0.1) is 0 Å². The lowest BCUT2D eigenvalue weighted by Gasteiger charge is -2.29. The first-order chi connectivity index (χ1) is 13.0. The molecule has 2 heterocycles. The van der Waals surface area contributed by atoms with E-state index in [1.807, 2.05) is 61.5 Å². The molecule has 2 aromatic rings. The van der Waals surface area contributed by atoms with Crippen molar-refractivity contribution in [2.45, 2.75) is 39.3 Å². The van der Waals surface area contributed by atoms with Gasteiger partial charge in [-0.05, 0) is 43.5 Å². The molecule has 2 aromatic carbocycles. The van der Waals surface area contributed by atoms with Crippen molar-refractivity contribution in [1.29, 1.82) is 0 Å². The molecule has 2 aliphatic heterocycles. The Morgan fingerprint density at radius 2 is 1.59 bits per heavy atom. The summed E-state index contributed by atoms with van der Waals surface area (Å²) in [5.41, 5.74) is 2.57. The number of hydrogen-bond donors (Lipinski definition) is 0. The predicted molar refractivity (Wildman–Crippen MR) is 104 cm³/mol. The minimum absolute atomic E-state index is 0.163. The third-order valence-corrected chi connectivity index (χ3v) is 5.25. The zero-order valence-electron chi connectivity index (χ0n) is 15.8. The van der Waals surface area contributed by atoms with E-state index >= 15 is 0 Å². The Hall–Kier alpha value is -2.66. The fraction of sp³-hybridized carbons (Fsp3) is 0.364. The van der Waals surface area contributed by atoms with Crippen LogP contribution >= 0.6 is 0 Å². The maximum Gasteiger partial charge on any atom is 0.266 e. The highest BCUT2D eigenvalue weighted by Crippen LogP contribution is 2.42. The summed E-state index contributed by atoms with van der Waals surface area (Å²) >= 11 is 0. The number of nitrogens with zero attached hydrogens (tertiary/aromatic N) is 2. The SMILES string of the molecule is Cc1ccc(N2C(=O)[C@H]3[C@H](ON(c4ccccc4)[C@H]3CC(C)C)C2=O)cc1. The average Bonchev–Trinajstić information content (AvgIpc) is 3.13. The van der Waals surface area contributed by atoms with E-state index in [-0.39, 0.29) is 17.9 Å². The first-order valence-electron chi connectivity index (χ1n) is 9.43. The standard InChI is InChI=1S/C22H24N2O3/c1-14(2)13-18-19-20(27-24(18)17-7-5-4-6-8-17)22(26)23(21(19)25)16-11-9-15(3)10-12-16/h4-12,14,18-20H,13H2,1-3H3/t18-,19+,20-/m0/s1. The van der Waals surface area contributed by atoms with Crippen molar-refractivity contribution in [3.8, 4) is 0 Å². The van der Waals surface area contributed by atoms with Crippen LogP contribution in [-0.2, 0) is 14.4 Å². The van der Waals surface area contributed by atoms with Crippen molar-refractivity contribution in [2.24, 2.45) is 11.8 Å². The van der Waals surface area contributed by atoms with Gasteiger partial charge < -0.3 is 0 Å². The number of imide groups is 1. The molecule has 0 saturated carbocycles. The van der Waals surface area contributed by atoms with Crippen LogP contribution in [0.5, 0.6) is 0 Å². The molecule has 0 aliphatic carbocycles. The highest BCUT2D eigenvalue weighted by molar-refractivity contribution is 6.23. The molecule has 140 valence electrons. The molecule has 3 atom stereocenters. The molecule has 0 unspecified atom stereocenters. The summed E-state index contributed by atoms with van der Waals surface area (Å²) in [6.45, 7) is 6.22. The van der Waals surface area contributed by atoms with E-state index < -0.39 is 12.0 Å². The van der Waals surface area contributed by atoms with Gasteiger partial charge in [-0.25, -0.2) is 9.96 Å². The number of para-hydroxylation sites is 1. The van der Waals surface area contributed by atoms with Gasteiger partial charge in [-0.2, -0.15) is 0 Å². The highest BCUT2D eigenvalue weighted by atomic mass is 16.7. The molecule has 0 spiro atoms. The minimum atomic E-state index is -0.761. The lowest BCUT2D eigenvalue weighted by Crippen LogP contribution is -2.41. The highest BCUT2D eigenvalue weighted by Gasteiger charge is 2.59. The Bertz CT molecular complexity index is 848. The van der Waals surface area contributed by atoms with Crippen LogP contribution in [0.2, 0.25) is 0 Å². The number of amides is 2. The molecular formula is C22H24N2O3. The molecule has 5 nitrogen and oxygen atoms in total. The topological polar surface area (TPSA) is 49.9 Å². The van der Waals surface area contributed by atoms with Gasteiger partial charge in [-0.1, -0.05) is 49.7 Å². The molecule has 0 N–H and O–H groups in total. The summed E-state index contributed by atoms with van der Waals surface area (Å²) in [5.74, 6) is -0.555. The molecule has 5 heteroatoms. The largest absolute Gasteiger partial charge is 0.273 e. The number of carbonyl (C=O) groups excluding carboxylic acids is 2. The van der Waals surface area contributed by atoms with Gasteiger partial charge in [0, 0.05) is 0 Å². The fourth-order valence-electron chi connectivity index (χ4n) is 3.99. The van der Waals surface area contributed by atoms with Gasteiger partial charge in [0.2, 0.25) is 5.91 Å². The third kappa shape index (κ3) is 3.02. The van der Waals surface area contributed by atoms with Crippen LogP contribution in [0, 0.1) is 18.8 Å². The molecule has 0 aromatic heterocycles. The minimum Gasteiger partial charge on any atom is -0.273 e. The van der Waals surface area contributed by atoms with E-state index in [2.05, 4.69) is 13.8 Å². The summed E-state index contributed by atoms with van der Waals surface area (Å²) < 4.78 is 0. The Morgan fingerprint density at radius 1 is 0.926 bits per heavy atom. The molecule has 2 fully saturated rings. The Morgan fingerprint density at radius 3 is 2.22 bits per heavy atom. The maximum atomic E-state index is 13.2. The number of rotatable bonds is 4. The van der Waals surface area contributed by atoms with Crippen LogP contribution in [0.1, 0.15) is 25.8 Å². The van der Waals surface area contributed by atoms with Crippen LogP contribution in [0.4, 0.5) is 11.4 Å². The first kappa shape index (κ1) is 17.7. The van der Waals surface area contributed by atoms with Gasteiger partial charge in [0.15, 0.2) is 6.10 Å². The molecule has 2 aliphatic rings. The summed E-state index contributed by atoms with van der Waals surface area (Å²) in [7, 11) is 0. The molecule has 4 rings (SSSR count). The molecule has 0 radical (unpaired) electrons. The first-order valence-corrected chi connectivity index (χ1v) is 9.43. The van der Waals surface area contributed by atoms with Gasteiger partial charge in [0.1, 0.15) is 0 Å². The van der Waals surface area contributed by atoms with Crippen LogP contribution in [0.3, 0.4) is 0 Å². The van der Waals surface area contributed by atoms with E-state index in [0.717, 1.165) is 17.7 Å². The van der Waals surface area contributed by atoms with Crippen LogP contribution < -0.4 is 9.96 Å². The number of benzene rings is 2. The fourth-order valence-corrected chi connectivity index (χ4v) is 3.99. The van der Waals surface area contributed by atoms with Gasteiger partial charge in [0.25, 0.3) is 5.91 Å². The number of hydroxylamine groups is 1. The zero-order chi connectivity index (χ0) is 19.1. The Kier molecular flexibility index (Phi) is 4.48. The van der Waals surface area contributed by atoms with E-state index in [1.54, 1.807) is 5.06 Å². The Labute approximate surface area is 159 Å². The van der Waals surface area contributed by atoms with Crippen molar-refractivity contribution in [2.75, 3.05) is 9.96 Å². The number of carbonyl (C=O) groups is 2. The summed E-state index contributed by atoms with van der Waals surface area (Å²) in [5, 5.41) is 1.78. The van der Waals surface area contributed by atoms with E-state index in [0.29, 0.717) is 11.6 Å². The van der Waals surface area contributed by atoms with Crippen molar-refractivity contribution >= 4 is 23.2 Å².